The van der Waals surface area contributed by atoms with Crippen molar-refractivity contribution in [3.05, 3.63) is 78.4 Å². The Labute approximate surface area is 159 Å². The summed E-state index contributed by atoms with van der Waals surface area (Å²) in [6.45, 7) is 0. The van der Waals surface area contributed by atoms with Crippen molar-refractivity contribution in [3.63, 3.8) is 0 Å². The predicted octanol–water partition coefficient (Wildman–Crippen LogP) is 6.06. The van der Waals surface area contributed by atoms with Gasteiger partial charge in [-0.1, -0.05) is 42.5 Å². The fourth-order valence-electron chi connectivity index (χ4n) is 3.44. The van der Waals surface area contributed by atoms with Gasteiger partial charge in [0.25, 0.3) is 0 Å². The average molecular weight is 369 g/mol. The number of aromatic nitrogens is 1. The maximum absolute atomic E-state index is 11.8. The number of hydrogen-bond donors (Lipinski definition) is 0. The first-order valence-electron chi connectivity index (χ1n) is 8.64. The smallest absolute Gasteiger partial charge is 0.337 e. The molecule has 0 atom stereocenters. The lowest BCUT2D eigenvalue weighted by Gasteiger charge is -2.06. The first-order valence-corrected chi connectivity index (χ1v) is 9.45. The minimum atomic E-state index is -0.344. The highest BCUT2D eigenvalue weighted by Gasteiger charge is 2.13. The van der Waals surface area contributed by atoms with Crippen LogP contribution < -0.4 is 0 Å². The SMILES string of the molecule is COC(=O)c1ccc2sc(-c3cccc4cc5ccccc5cc34)nc2c1. The summed E-state index contributed by atoms with van der Waals surface area (Å²) in [5.41, 5.74) is 2.44. The lowest BCUT2D eigenvalue weighted by atomic mass is 10.00. The molecule has 5 aromatic rings. The molecule has 130 valence electrons. The minimum absolute atomic E-state index is 0.344. The number of rotatable bonds is 2. The van der Waals surface area contributed by atoms with Crippen LogP contribution in [0, 0.1) is 0 Å². The first kappa shape index (κ1) is 16.0. The van der Waals surface area contributed by atoms with Crippen LogP contribution in [-0.4, -0.2) is 18.1 Å². The van der Waals surface area contributed by atoms with Crippen LogP contribution >= 0.6 is 11.3 Å². The molecule has 0 saturated heterocycles. The van der Waals surface area contributed by atoms with Crippen molar-refractivity contribution in [2.75, 3.05) is 7.11 Å². The molecule has 0 radical (unpaired) electrons. The van der Waals surface area contributed by atoms with E-state index in [0.717, 1.165) is 20.8 Å². The number of fused-ring (bicyclic) bond motifs is 3. The van der Waals surface area contributed by atoms with E-state index in [4.69, 9.17) is 9.72 Å². The molecule has 0 N–H and O–H groups in total. The third kappa shape index (κ3) is 2.66. The topological polar surface area (TPSA) is 39.2 Å². The van der Waals surface area contributed by atoms with Gasteiger partial charge in [-0.2, -0.15) is 0 Å². The van der Waals surface area contributed by atoms with Gasteiger partial charge in [-0.25, -0.2) is 9.78 Å². The Kier molecular flexibility index (Phi) is 3.66. The van der Waals surface area contributed by atoms with Crippen molar-refractivity contribution >= 4 is 49.1 Å². The molecule has 5 rings (SSSR count). The van der Waals surface area contributed by atoms with E-state index in [1.54, 1.807) is 23.5 Å². The van der Waals surface area contributed by atoms with E-state index < -0.39 is 0 Å². The predicted molar refractivity (Wildman–Crippen MR) is 111 cm³/mol. The van der Waals surface area contributed by atoms with E-state index in [0.29, 0.717) is 5.56 Å². The van der Waals surface area contributed by atoms with Crippen LogP contribution in [0.4, 0.5) is 0 Å². The standard InChI is InChI=1S/C23H15NO2S/c1-26-23(25)17-9-10-21-20(13-17)24-22(27-21)18-8-4-7-16-11-14-5-2-3-6-15(14)12-19(16)18/h2-13H,1H3. The number of methoxy groups -OCH3 is 1. The molecule has 4 aromatic carbocycles. The van der Waals surface area contributed by atoms with Crippen LogP contribution in [0.15, 0.2) is 72.8 Å². The third-order valence-electron chi connectivity index (χ3n) is 4.79. The summed E-state index contributed by atoms with van der Waals surface area (Å²) >= 11 is 1.64. The first-order chi connectivity index (χ1) is 13.2. The van der Waals surface area contributed by atoms with Gasteiger partial charge >= 0.3 is 5.97 Å². The van der Waals surface area contributed by atoms with E-state index in [9.17, 15) is 4.79 Å². The zero-order chi connectivity index (χ0) is 18.4. The Bertz CT molecular complexity index is 1340. The fraction of sp³-hybridized carbons (Fsp3) is 0.0435. The monoisotopic (exact) mass is 369 g/mol. The highest BCUT2D eigenvalue weighted by Crippen LogP contribution is 2.36. The zero-order valence-electron chi connectivity index (χ0n) is 14.6. The van der Waals surface area contributed by atoms with Crippen molar-refractivity contribution < 1.29 is 9.53 Å². The van der Waals surface area contributed by atoms with Gasteiger partial charge in [0.2, 0.25) is 0 Å². The zero-order valence-corrected chi connectivity index (χ0v) is 15.4. The van der Waals surface area contributed by atoms with Gasteiger partial charge in [0.1, 0.15) is 5.01 Å². The molecule has 1 heterocycles. The summed E-state index contributed by atoms with van der Waals surface area (Å²) < 4.78 is 5.86. The summed E-state index contributed by atoms with van der Waals surface area (Å²) in [7, 11) is 1.39. The van der Waals surface area contributed by atoms with E-state index in [2.05, 4.69) is 54.6 Å². The molecule has 0 saturated carbocycles. The van der Waals surface area contributed by atoms with Gasteiger partial charge < -0.3 is 4.74 Å². The van der Waals surface area contributed by atoms with Crippen molar-refractivity contribution in [1.29, 1.82) is 0 Å². The number of thiazole rings is 1. The Balaban J connectivity index is 1.72. The van der Waals surface area contributed by atoms with Crippen molar-refractivity contribution in [2.24, 2.45) is 0 Å². The Hall–Kier alpha value is -3.24. The molecule has 0 spiro atoms. The molecule has 4 heteroatoms. The lowest BCUT2D eigenvalue weighted by Crippen LogP contribution is -2.00. The molecular formula is C23H15NO2S. The highest BCUT2D eigenvalue weighted by atomic mass is 32.1. The number of hydrogen-bond acceptors (Lipinski definition) is 4. The molecular weight excluding hydrogens is 354 g/mol. The number of carbonyl (C=O) groups excluding carboxylic acids is 1. The number of benzene rings is 4. The molecule has 27 heavy (non-hydrogen) atoms. The van der Waals surface area contributed by atoms with Gasteiger partial charge in [0.05, 0.1) is 22.9 Å². The van der Waals surface area contributed by atoms with Gasteiger partial charge in [-0.05, 0) is 51.9 Å². The maximum Gasteiger partial charge on any atom is 0.337 e. The van der Waals surface area contributed by atoms with Crippen LogP contribution in [0.2, 0.25) is 0 Å². The van der Waals surface area contributed by atoms with Crippen molar-refractivity contribution in [1.82, 2.24) is 4.98 Å². The van der Waals surface area contributed by atoms with Crippen molar-refractivity contribution in [3.8, 4) is 10.6 Å². The normalized spacial score (nSPS) is 11.3. The summed E-state index contributed by atoms with van der Waals surface area (Å²) in [6, 6.07) is 24.6. The number of ether oxygens (including phenoxy) is 1. The molecule has 0 aliphatic heterocycles. The van der Waals surface area contributed by atoms with Crippen molar-refractivity contribution in [2.45, 2.75) is 0 Å². The van der Waals surface area contributed by atoms with E-state index >= 15 is 0 Å². The second kappa shape index (κ2) is 6.18. The number of esters is 1. The molecule has 0 fully saturated rings. The van der Waals surface area contributed by atoms with Gasteiger partial charge in [0.15, 0.2) is 0 Å². The lowest BCUT2D eigenvalue weighted by molar-refractivity contribution is 0.0601. The molecule has 3 nitrogen and oxygen atoms in total. The maximum atomic E-state index is 11.8. The summed E-state index contributed by atoms with van der Waals surface area (Å²) in [6.07, 6.45) is 0. The fourth-order valence-corrected chi connectivity index (χ4v) is 4.43. The summed E-state index contributed by atoms with van der Waals surface area (Å²) in [5, 5.41) is 5.78. The summed E-state index contributed by atoms with van der Waals surface area (Å²) in [5.74, 6) is -0.344. The molecule has 1 aromatic heterocycles. The van der Waals surface area contributed by atoms with Crippen LogP contribution in [0.5, 0.6) is 0 Å². The molecule has 0 aliphatic carbocycles. The second-order valence-electron chi connectivity index (χ2n) is 6.42. The largest absolute Gasteiger partial charge is 0.465 e. The average Bonchev–Trinajstić information content (AvgIpc) is 3.14. The Morgan fingerprint density at radius 1 is 0.889 bits per heavy atom. The number of carbonyl (C=O) groups is 1. The quantitative estimate of drug-likeness (QED) is 0.281. The summed E-state index contributed by atoms with van der Waals surface area (Å²) in [4.78, 5) is 16.6. The van der Waals surface area contributed by atoms with Crippen LogP contribution in [0.25, 0.3) is 42.3 Å². The second-order valence-corrected chi connectivity index (χ2v) is 7.45. The van der Waals surface area contributed by atoms with Crippen LogP contribution in [-0.2, 0) is 4.74 Å². The third-order valence-corrected chi connectivity index (χ3v) is 5.86. The molecule has 0 aliphatic rings. The molecule has 0 unspecified atom stereocenters. The van der Waals surface area contributed by atoms with Gasteiger partial charge in [-0.15, -0.1) is 11.3 Å². The van der Waals surface area contributed by atoms with E-state index in [1.807, 2.05) is 6.07 Å². The molecule has 0 bridgehead atoms. The van der Waals surface area contributed by atoms with Gasteiger partial charge in [0, 0.05) is 5.56 Å². The van der Waals surface area contributed by atoms with Gasteiger partial charge in [-0.3, -0.25) is 0 Å². The Morgan fingerprint density at radius 3 is 2.48 bits per heavy atom. The highest BCUT2D eigenvalue weighted by molar-refractivity contribution is 7.21. The van der Waals surface area contributed by atoms with E-state index in [1.165, 1.54) is 28.7 Å². The van der Waals surface area contributed by atoms with E-state index in [-0.39, 0.29) is 5.97 Å². The van der Waals surface area contributed by atoms with Crippen LogP contribution in [0.3, 0.4) is 0 Å². The minimum Gasteiger partial charge on any atom is -0.465 e. The molecule has 0 amide bonds. The van der Waals surface area contributed by atoms with Crippen LogP contribution in [0.1, 0.15) is 10.4 Å². The Morgan fingerprint density at radius 2 is 1.67 bits per heavy atom. The number of nitrogens with zero attached hydrogens (tertiary/aromatic N) is 1.